The molecular formula is C14H27N2O4P. The fraction of sp³-hybridized carbons (Fsp3) is 0.857. The van der Waals surface area contributed by atoms with Crippen molar-refractivity contribution in [3.63, 3.8) is 0 Å². The summed E-state index contributed by atoms with van der Waals surface area (Å²) in [7, 11) is -2.06. The van der Waals surface area contributed by atoms with E-state index in [1.807, 2.05) is 13.8 Å². The third-order valence-corrected chi connectivity index (χ3v) is 5.08. The highest BCUT2D eigenvalue weighted by molar-refractivity contribution is 7.62. The molecule has 1 heterocycles. The van der Waals surface area contributed by atoms with E-state index in [2.05, 4.69) is 0 Å². The van der Waals surface area contributed by atoms with Gasteiger partial charge in [0, 0.05) is 25.8 Å². The Labute approximate surface area is 126 Å². The maximum absolute atomic E-state index is 12.5. The second-order valence-electron chi connectivity index (χ2n) is 6.49. The average Bonchev–Trinajstić information content (AvgIpc) is 2.31. The minimum absolute atomic E-state index is 0.127. The van der Waals surface area contributed by atoms with Crippen LogP contribution in [0.25, 0.3) is 0 Å². The smallest absolute Gasteiger partial charge is 0.326 e. The van der Waals surface area contributed by atoms with Crippen LogP contribution in [0.4, 0.5) is 4.79 Å². The lowest BCUT2D eigenvalue weighted by atomic mass is 10.0. The van der Waals surface area contributed by atoms with E-state index in [9.17, 15) is 19.3 Å². The first-order chi connectivity index (χ1) is 9.63. The Morgan fingerprint density at radius 2 is 1.95 bits per heavy atom. The van der Waals surface area contributed by atoms with E-state index in [-0.39, 0.29) is 11.9 Å². The number of carboxylic acid groups (broad SMARTS) is 1. The molecule has 7 heteroatoms. The van der Waals surface area contributed by atoms with Crippen molar-refractivity contribution in [1.29, 1.82) is 0 Å². The number of carbonyl (C=O) groups excluding carboxylic acids is 1. The minimum atomic E-state index is -2.06. The molecule has 21 heavy (non-hydrogen) atoms. The molecule has 0 aromatic carbocycles. The molecule has 0 aromatic rings. The van der Waals surface area contributed by atoms with Crippen LogP contribution in [0.15, 0.2) is 0 Å². The molecule has 1 rings (SSSR count). The first-order valence-corrected chi connectivity index (χ1v) is 10.2. The molecule has 1 N–H and O–H groups in total. The average molecular weight is 318 g/mol. The van der Waals surface area contributed by atoms with Gasteiger partial charge in [0.2, 0.25) is 0 Å². The standard InChI is InChI=1S/C14H27N2O4P/c1-11(2)12(13(17)18)16-9-5-7-15(14(16)19)8-6-10-21(3,4)20/h11-12H,5-10H2,1-4H3,(H,17,18). The molecule has 1 fully saturated rings. The zero-order valence-corrected chi connectivity index (χ0v) is 14.3. The van der Waals surface area contributed by atoms with Gasteiger partial charge in [-0.2, -0.15) is 0 Å². The number of amides is 2. The Bertz CT molecular complexity index is 433. The highest BCUT2D eigenvalue weighted by Crippen LogP contribution is 2.36. The summed E-state index contributed by atoms with van der Waals surface area (Å²) in [6.07, 6.45) is 2.09. The minimum Gasteiger partial charge on any atom is -0.480 e. The molecule has 1 unspecified atom stereocenters. The molecule has 0 aliphatic carbocycles. The first kappa shape index (κ1) is 18.0. The summed E-state index contributed by atoms with van der Waals surface area (Å²) in [4.78, 5) is 27.0. The van der Waals surface area contributed by atoms with Crippen molar-refractivity contribution in [2.45, 2.75) is 32.7 Å². The second-order valence-corrected chi connectivity index (χ2v) is 10.1. The highest BCUT2D eigenvalue weighted by Gasteiger charge is 2.36. The van der Waals surface area contributed by atoms with Gasteiger partial charge in [0.05, 0.1) is 7.14 Å². The van der Waals surface area contributed by atoms with Crippen LogP contribution in [0, 0.1) is 5.92 Å². The van der Waals surface area contributed by atoms with Crippen LogP contribution < -0.4 is 0 Å². The van der Waals surface area contributed by atoms with E-state index in [0.717, 1.165) is 6.42 Å². The largest absolute Gasteiger partial charge is 0.480 e. The highest BCUT2D eigenvalue weighted by atomic mass is 31.2. The fourth-order valence-electron chi connectivity index (χ4n) is 2.69. The zero-order chi connectivity index (χ0) is 16.2. The molecular weight excluding hydrogens is 291 g/mol. The number of rotatable bonds is 7. The summed E-state index contributed by atoms with van der Waals surface area (Å²) in [6, 6.07) is -0.979. The summed E-state index contributed by atoms with van der Waals surface area (Å²) in [5.74, 6) is -1.08. The van der Waals surface area contributed by atoms with Gasteiger partial charge >= 0.3 is 12.0 Å². The van der Waals surface area contributed by atoms with Crippen molar-refractivity contribution in [3.8, 4) is 0 Å². The lowest BCUT2D eigenvalue weighted by Gasteiger charge is -2.40. The normalized spacial score (nSPS) is 18.2. The lowest BCUT2D eigenvalue weighted by molar-refractivity contribution is -0.144. The Morgan fingerprint density at radius 1 is 1.33 bits per heavy atom. The van der Waals surface area contributed by atoms with Crippen LogP contribution in [0.2, 0.25) is 0 Å². The molecule has 0 saturated carbocycles. The molecule has 1 atom stereocenters. The van der Waals surface area contributed by atoms with Gasteiger partial charge in [0.25, 0.3) is 0 Å². The van der Waals surface area contributed by atoms with Gasteiger partial charge in [-0.15, -0.1) is 0 Å². The predicted octanol–water partition coefficient (Wildman–Crippen LogP) is 2.24. The second kappa shape index (κ2) is 7.30. The number of hydrogen-bond acceptors (Lipinski definition) is 3. The number of nitrogens with zero attached hydrogens (tertiary/aromatic N) is 2. The van der Waals surface area contributed by atoms with Crippen molar-refractivity contribution >= 4 is 19.1 Å². The quantitative estimate of drug-likeness (QED) is 0.730. The van der Waals surface area contributed by atoms with Crippen LogP contribution in [-0.2, 0) is 9.36 Å². The zero-order valence-electron chi connectivity index (χ0n) is 13.4. The van der Waals surface area contributed by atoms with Gasteiger partial charge in [-0.25, -0.2) is 9.59 Å². The Balaban J connectivity index is 2.67. The number of carboxylic acids is 1. The molecule has 1 aliphatic rings. The third kappa shape index (κ3) is 5.34. The Morgan fingerprint density at radius 3 is 2.43 bits per heavy atom. The summed E-state index contributed by atoms with van der Waals surface area (Å²) in [6.45, 7) is 8.81. The predicted molar refractivity (Wildman–Crippen MR) is 83.5 cm³/mol. The van der Waals surface area contributed by atoms with Crippen LogP contribution >= 0.6 is 7.14 Å². The molecule has 0 aromatic heterocycles. The number of hydrogen-bond donors (Lipinski definition) is 1. The van der Waals surface area contributed by atoms with Gasteiger partial charge in [-0.3, -0.25) is 0 Å². The van der Waals surface area contributed by atoms with Crippen molar-refractivity contribution in [2.75, 3.05) is 39.1 Å². The maximum atomic E-state index is 12.5. The molecule has 6 nitrogen and oxygen atoms in total. The monoisotopic (exact) mass is 318 g/mol. The van der Waals surface area contributed by atoms with Crippen molar-refractivity contribution < 1.29 is 19.3 Å². The van der Waals surface area contributed by atoms with E-state index < -0.39 is 19.2 Å². The number of aliphatic carboxylic acids is 1. The van der Waals surface area contributed by atoms with Gasteiger partial charge in [-0.05, 0) is 32.1 Å². The lowest BCUT2D eigenvalue weighted by Crippen LogP contribution is -2.57. The van der Waals surface area contributed by atoms with Crippen molar-refractivity contribution in [3.05, 3.63) is 0 Å². The molecule has 0 radical (unpaired) electrons. The van der Waals surface area contributed by atoms with Gasteiger partial charge < -0.3 is 19.5 Å². The van der Waals surface area contributed by atoms with Gasteiger partial charge in [0.1, 0.15) is 6.04 Å². The molecule has 0 bridgehead atoms. The van der Waals surface area contributed by atoms with Crippen LogP contribution in [0.5, 0.6) is 0 Å². The van der Waals surface area contributed by atoms with E-state index in [4.69, 9.17) is 0 Å². The number of urea groups is 1. The first-order valence-electron chi connectivity index (χ1n) is 7.46. The third-order valence-electron chi connectivity index (χ3n) is 3.69. The molecule has 122 valence electrons. The maximum Gasteiger partial charge on any atom is 0.326 e. The van der Waals surface area contributed by atoms with E-state index in [1.165, 1.54) is 4.90 Å². The summed E-state index contributed by atoms with van der Waals surface area (Å²) < 4.78 is 11.7. The van der Waals surface area contributed by atoms with Crippen LogP contribution in [-0.4, -0.2) is 72.1 Å². The summed E-state index contributed by atoms with van der Waals surface area (Å²) in [5.41, 5.74) is 0. The summed E-state index contributed by atoms with van der Waals surface area (Å²) >= 11 is 0. The topological polar surface area (TPSA) is 77.9 Å². The van der Waals surface area contributed by atoms with Crippen LogP contribution in [0.1, 0.15) is 26.7 Å². The fourth-order valence-corrected chi connectivity index (χ4v) is 3.59. The van der Waals surface area contributed by atoms with E-state index >= 15 is 0 Å². The van der Waals surface area contributed by atoms with Gasteiger partial charge in [0.15, 0.2) is 0 Å². The Kier molecular flexibility index (Phi) is 6.26. The SMILES string of the molecule is CC(C)C(C(=O)O)N1CCCN(CCCP(C)(C)=O)C1=O. The van der Waals surface area contributed by atoms with Crippen molar-refractivity contribution in [1.82, 2.24) is 9.80 Å². The van der Waals surface area contributed by atoms with Crippen LogP contribution in [0.3, 0.4) is 0 Å². The Hall–Kier alpha value is -1.03. The van der Waals surface area contributed by atoms with Gasteiger partial charge in [-0.1, -0.05) is 13.8 Å². The van der Waals surface area contributed by atoms with Crippen molar-refractivity contribution in [2.24, 2.45) is 5.92 Å². The summed E-state index contributed by atoms with van der Waals surface area (Å²) in [5, 5.41) is 9.33. The molecule has 1 aliphatic heterocycles. The van der Waals surface area contributed by atoms with E-state index in [1.54, 1.807) is 18.2 Å². The number of carbonyl (C=O) groups is 2. The molecule has 2 amide bonds. The van der Waals surface area contributed by atoms with E-state index in [0.29, 0.717) is 32.2 Å². The molecule has 0 spiro atoms. The molecule has 1 saturated heterocycles.